The highest BCUT2D eigenvalue weighted by atomic mass is 16.2. The molecule has 1 fully saturated rings. The summed E-state index contributed by atoms with van der Waals surface area (Å²) in [7, 11) is 0. The van der Waals surface area contributed by atoms with Crippen molar-refractivity contribution in [3.8, 4) is 0 Å². The summed E-state index contributed by atoms with van der Waals surface area (Å²) >= 11 is 0. The van der Waals surface area contributed by atoms with Crippen LogP contribution < -0.4 is 5.32 Å². The normalized spacial score (nSPS) is 16.0. The molecular formula is C24H30N4O. The van der Waals surface area contributed by atoms with Gasteiger partial charge in [-0.05, 0) is 49.9 Å². The molecule has 1 amide bonds. The number of nitrogens with zero attached hydrogens (tertiary/aromatic N) is 3. The van der Waals surface area contributed by atoms with Crippen molar-refractivity contribution in [1.29, 1.82) is 0 Å². The molecule has 0 bridgehead atoms. The van der Waals surface area contributed by atoms with E-state index in [9.17, 15) is 4.79 Å². The minimum absolute atomic E-state index is 0.0671. The van der Waals surface area contributed by atoms with E-state index in [4.69, 9.17) is 4.98 Å². The Kier molecular flexibility index (Phi) is 5.95. The maximum Gasteiger partial charge on any atom is 0.274 e. The summed E-state index contributed by atoms with van der Waals surface area (Å²) in [5, 5.41) is 3.59. The Balaban J connectivity index is 1.63. The number of aryl methyl sites for hydroxylation is 1. The lowest BCUT2D eigenvalue weighted by Gasteiger charge is -2.20. The van der Waals surface area contributed by atoms with E-state index in [0.717, 1.165) is 42.8 Å². The predicted molar refractivity (Wildman–Crippen MR) is 116 cm³/mol. The predicted octanol–water partition coefficient (Wildman–Crippen LogP) is 4.51. The molecule has 5 heteroatoms. The fraction of sp³-hybridized carbons (Fsp3) is 0.417. The lowest BCUT2D eigenvalue weighted by Crippen LogP contribution is -2.33. The van der Waals surface area contributed by atoms with E-state index in [1.54, 1.807) is 0 Å². The lowest BCUT2D eigenvalue weighted by atomic mass is 10.1. The van der Waals surface area contributed by atoms with E-state index in [2.05, 4.69) is 53.9 Å². The van der Waals surface area contributed by atoms with Crippen molar-refractivity contribution in [1.82, 2.24) is 19.6 Å². The summed E-state index contributed by atoms with van der Waals surface area (Å²) in [5.41, 5.74) is 4.75. The molecule has 0 saturated carbocycles. The van der Waals surface area contributed by atoms with Crippen molar-refractivity contribution in [3.63, 3.8) is 0 Å². The molecule has 0 spiro atoms. The van der Waals surface area contributed by atoms with Gasteiger partial charge in [-0.2, -0.15) is 0 Å². The zero-order valence-corrected chi connectivity index (χ0v) is 17.4. The third-order valence-corrected chi connectivity index (χ3v) is 5.85. The van der Waals surface area contributed by atoms with Crippen molar-refractivity contribution >= 4 is 11.6 Å². The third kappa shape index (κ3) is 4.35. The van der Waals surface area contributed by atoms with Gasteiger partial charge in [0.15, 0.2) is 5.69 Å². The first kappa shape index (κ1) is 19.6. The molecule has 1 aliphatic heterocycles. The maximum absolute atomic E-state index is 13.4. The summed E-state index contributed by atoms with van der Waals surface area (Å²) in [5.74, 6) is 0.0671. The summed E-state index contributed by atoms with van der Waals surface area (Å²) in [6, 6.07) is 14.7. The highest BCUT2D eigenvalue weighted by molar-refractivity contribution is 5.94. The minimum atomic E-state index is 0.0671. The topological polar surface area (TPSA) is 49.6 Å². The van der Waals surface area contributed by atoms with Crippen molar-refractivity contribution in [2.45, 2.75) is 52.1 Å². The summed E-state index contributed by atoms with van der Waals surface area (Å²) in [6.07, 6.45) is 6.60. The number of likely N-dealkylation sites (tertiary alicyclic amines) is 1. The minimum Gasteiger partial charge on any atom is -0.337 e. The number of fused-ring (bicyclic) bond motifs is 1. The summed E-state index contributed by atoms with van der Waals surface area (Å²) in [6.45, 7) is 6.46. The van der Waals surface area contributed by atoms with E-state index < -0.39 is 0 Å². The molecule has 5 nitrogen and oxygen atoms in total. The van der Waals surface area contributed by atoms with Gasteiger partial charge in [0.05, 0.1) is 5.69 Å². The molecule has 2 aromatic heterocycles. The Morgan fingerprint density at radius 3 is 2.55 bits per heavy atom. The number of imidazole rings is 1. The highest BCUT2D eigenvalue weighted by Gasteiger charge is 2.25. The molecule has 29 heavy (non-hydrogen) atoms. The van der Waals surface area contributed by atoms with Crippen LogP contribution in [0.2, 0.25) is 0 Å². The van der Waals surface area contributed by atoms with Crippen LogP contribution in [0.15, 0.2) is 48.7 Å². The second-order valence-electron chi connectivity index (χ2n) is 8.06. The van der Waals surface area contributed by atoms with Gasteiger partial charge in [-0.15, -0.1) is 0 Å². The highest BCUT2D eigenvalue weighted by Crippen LogP contribution is 2.20. The van der Waals surface area contributed by atoms with Crippen LogP contribution in [-0.2, 0) is 6.54 Å². The molecule has 1 N–H and O–H groups in total. The van der Waals surface area contributed by atoms with Crippen LogP contribution >= 0.6 is 0 Å². The van der Waals surface area contributed by atoms with Crippen molar-refractivity contribution in [2.75, 3.05) is 13.1 Å². The van der Waals surface area contributed by atoms with Crippen LogP contribution in [0.1, 0.15) is 66.0 Å². The SMILES string of the molecule is Cc1ccn2c(CN[C@@H](C)c3ccccc3)c(C(=O)N3CCCCCC3)nc2c1. The quantitative estimate of drug-likeness (QED) is 0.697. The Labute approximate surface area is 172 Å². The number of carbonyl (C=O) groups excluding carboxylic acids is 1. The molecule has 0 unspecified atom stereocenters. The van der Waals surface area contributed by atoms with E-state index in [1.807, 2.05) is 23.2 Å². The van der Waals surface area contributed by atoms with Gasteiger partial charge in [-0.3, -0.25) is 4.79 Å². The molecule has 4 rings (SSSR count). The lowest BCUT2D eigenvalue weighted by molar-refractivity contribution is 0.0755. The number of pyridine rings is 1. The summed E-state index contributed by atoms with van der Waals surface area (Å²) in [4.78, 5) is 20.1. The van der Waals surface area contributed by atoms with Crippen LogP contribution in [-0.4, -0.2) is 33.3 Å². The van der Waals surface area contributed by atoms with Crippen LogP contribution in [0.25, 0.3) is 5.65 Å². The van der Waals surface area contributed by atoms with E-state index in [1.165, 1.54) is 18.4 Å². The number of rotatable bonds is 5. The zero-order chi connectivity index (χ0) is 20.2. The van der Waals surface area contributed by atoms with Crippen molar-refractivity contribution in [3.05, 3.63) is 71.2 Å². The number of benzene rings is 1. The van der Waals surface area contributed by atoms with Gasteiger partial charge < -0.3 is 14.6 Å². The zero-order valence-electron chi connectivity index (χ0n) is 17.4. The Hall–Kier alpha value is -2.66. The first-order chi connectivity index (χ1) is 14.1. The van der Waals surface area contributed by atoms with Crippen LogP contribution in [0.5, 0.6) is 0 Å². The number of hydrogen-bond acceptors (Lipinski definition) is 3. The molecule has 1 saturated heterocycles. The van der Waals surface area contributed by atoms with E-state index in [-0.39, 0.29) is 11.9 Å². The molecule has 0 aliphatic carbocycles. The van der Waals surface area contributed by atoms with Crippen LogP contribution in [0.4, 0.5) is 0 Å². The van der Waals surface area contributed by atoms with Crippen LogP contribution in [0, 0.1) is 6.92 Å². The second-order valence-corrected chi connectivity index (χ2v) is 8.06. The first-order valence-electron chi connectivity index (χ1n) is 10.7. The fourth-order valence-electron chi connectivity index (χ4n) is 4.07. The van der Waals surface area contributed by atoms with Crippen molar-refractivity contribution < 1.29 is 4.79 Å². The number of hydrogen-bond donors (Lipinski definition) is 1. The molecule has 3 aromatic rings. The van der Waals surface area contributed by atoms with Gasteiger partial charge in [0.2, 0.25) is 0 Å². The molecule has 1 aromatic carbocycles. The fourth-order valence-corrected chi connectivity index (χ4v) is 4.07. The molecule has 3 heterocycles. The Morgan fingerprint density at radius 1 is 1.10 bits per heavy atom. The number of nitrogens with one attached hydrogen (secondary N) is 1. The maximum atomic E-state index is 13.4. The summed E-state index contributed by atoms with van der Waals surface area (Å²) < 4.78 is 2.06. The molecule has 1 atom stereocenters. The average molecular weight is 391 g/mol. The molecule has 1 aliphatic rings. The van der Waals surface area contributed by atoms with Crippen LogP contribution in [0.3, 0.4) is 0 Å². The first-order valence-corrected chi connectivity index (χ1v) is 10.7. The van der Waals surface area contributed by atoms with Gasteiger partial charge in [0.1, 0.15) is 5.65 Å². The average Bonchev–Trinajstić information content (AvgIpc) is 2.91. The second kappa shape index (κ2) is 8.78. The Bertz CT molecular complexity index is 971. The van der Waals surface area contributed by atoms with E-state index >= 15 is 0 Å². The largest absolute Gasteiger partial charge is 0.337 e. The van der Waals surface area contributed by atoms with Gasteiger partial charge >= 0.3 is 0 Å². The smallest absolute Gasteiger partial charge is 0.274 e. The van der Waals surface area contributed by atoms with Gasteiger partial charge in [0.25, 0.3) is 5.91 Å². The molecule has 0 radical (unpaired) electrons. The standard InChI is InChI=1S/C24H30N4O/c1-18-12-15-28-21(17-25-19(2)20-10-6-5-7-11-20)23(26-22(28)16-18)24(29)27-13-8-3-4-9-14-27/h5-7,10-12,15-16,19,25H,3-4,8-9,13-14,17H2,1-2H3/t19-/m0/s1. The number of aromatic nitrogens is 2. The van der Waals surface area contributed by atoms with Gasteiger partial charge in [0, 0.05) is 31.9 Å². The molecule has 152 valence electrons. The number of amides is 1. The monoisotopic (exact) mass is 390 g/mol. The van der Waals surface area contributed by atoms with Gasteiger partial charge in [-0.25, -0.2) is 4.98 Å². The van der Waals surface area contributed by atoms with E-state index in [0.29, 0.717) is 12.2 Å². The van der Waals surface area contributed by atoms with Gasteiger partial charge in [-0.1, -0.05) is 43.2 Å². The van der Waals surface area contributed by atoms with Crippen molar-refractivity contribution in [2.24, 2.45) is 0 Å². The molecular weight excluding hydrogens is 360 g/mol. The number of carbonyl (C=O) groups is 1. The Morgan fingerprint density at radius 2 is 1.83 bits per heavy atom. The third-order valence-electron chi connectivity index (χ3n) is 5.85.